The second kappa shape index (κ2) is 7.37. The molecule has 0 saturated carbocycles. The largest absolute Gasteiger partial charge is 1.00 e. The molecule has 1 heterocycles. The second-order valence-electron chi connectivity index (χ2n) is 5.68. The Bertz CT molecular complexity index is 594. The molecule has 1 unspecified atom stereocenters. The van der Waals surface area contributed by atoms with Crippen LogP contribution >= 0.6 is 11.3 Å². The number of hydrogen-bond acceptors (Lipinski definition) is 2. The molecule has 22 heavy (non-hydrogen) atoms. The maximum atomic E-state index is 12.9. The third-order valence-corrected chi connectivity index (χ3v) is 4.54. The predicted octanol–water partition coefficient (Wildman–Crippen LogP) is 2.51. The zero-order valence-electron chi connectivity index (χ0n) is 13.0. The monoisotopic (exact) mass is 336 g/mol. The number of halogens is 3. The molecule has 1 nitrogen and oxygen atoms in total. The van der Waals surface area contributed by atoms with Gasteiger partial charge < -0.3 is 4.43 Å². The van der Waals surface area contributed by atoms with Crippen molar-refractivity contribution in [2.45, 2.75) is 31.9 Å². The summed E-state index contributed by atoms with van der Waals surface area (Å²) in [4.78, 5) is 0.872. The molecule has 1 aromatic heterocycles. The van der Waals surface area contributed by atoms with Crippen LogP contribution in [0.2, 0.25) is 19.6 Å². The molecule has 2 rings (SSSR count). The van der Waals surface area contributed by atoms with Gasteiger partial charge in [0.2, 0.25) is 0 Å². The summed E-state index contributed by atoms with van der Waals surface area (Å²) in [6.07, 6.45) is -4.81. The first-order valence-electron chi connectivity index (χ1n) is 6.46. The van der Waals surface area contributed by atoms with E-state index in [1.54, 1.807) is 17.5 Å². The molecule has 2 aromatic rings. The molecule has 0 N–H and O–H groups in total. The minimum atomic E-state index is -4.35. The summed E-state index contributed by atoms with van der Waals surface area (Å²) in [5.74, 6) is 0. The van der Waals surface area contributed by atoms with Crippen molar-refractivity contribution in [2.24, 2.45) is 0 Å². The van der Waals surface area contributed by atoms with E-state index in [0.717, 1.165) is 10.9 Å². The fourth-order valence-electron chi connectivity index (χ4n) is 1.91. The van der Waals surface area contributed by atoms with E-state index in [4.69, 9.17) is 4.43 Å². The summed E-state index contributed by atoms with van der Waals surface area (Å²) in [5, 5.41) is 1.78. The number of thiophene rings is 1. The third-order valence-electron chi connectivity index (χ3n) is 2.74. The van der Waals surface area contributed by atoms with Crippen LogP contribution < -0.4 is 18.9 Å². The van der Waals surface area contributed by atoms with E-state index in [-0.39, 0.29) is 18.9 Å². The number of alkyl halides is 3. The van der Waals surface area contributed by atoms with Crippen molar-refractivity contribution < 1.29 is 36.5 Å². The molecule has 1 atom stereocenters. The molecule has 0 aliphatic rings. The van der Waals surface area contributed by atoms with Crippen LogP contribution in [0.25, 0.3) is 0 Å². The van der Waals surface area contributed by atoms with Gasteiger partial charge in [0.15, 0.2) is 8.32 Å². The quantitative estimate of drug-likeness (QED) is 0.616. The normalized spacial score (nSPS) is 13.5. The minimum absolute atomic E-state index is 0. The Morgan fingerprint density at radius 3 is 2.41 bits per heavy atom. The maximum absolute atomic E-state index is 12.9. The van der Waals surface area contributed by atoms with Gasteiger partial charge in [-0.05, 0) is 31.3 Å². The van der Waals surface area contributed by atoms with Gasteiger partial charge in [-0.2, -0.15) is 13.2 Å². The van der Waals surface area contributed by atoms with E-state index in [9.17, 15) is 13.2 Å². The average molecular weight is 336 g/mol. The summed E-state index contributed by atoms with van der Waals surface area (Å²) < 4.78 is 44.7. The summed E-state index contributed by atoms with van der Waals surface area (Å²) in [5.41, 5.74) is -0.118. The maximum Gasteiger partial charge on any atom is 1.00 e. The molecular formula is C15H16F3LiOSSi. The van der Waals surface area contributed by atoms with E-state index in [1.807, 2.05) is 19.6 Å². The average Bonchev–Trinajstić information content (AvgIpc) is 2.87. The number of benzene rings is 1. The molecule has 0 spiro atoms. The van der Waals surface area contributed by atoms with Crippen LogP contribution in [0.3, 0.4) is 0 Å². The van der Waals surface area contributed by atoms with Crippen LogP contribution in [0, 0.1) is 6.07 Å². The van der Waals surface area contributed by atoms with Crippen LogP contribution in [-0.2, 0) is 10.6 Å². The Morgan fingerprint density at radius 2 is 1.91 bits per heavy atom. The van der Waals surface area contributed by atoms with Gasteiger partial charge in [-0.15, -0.1) is 10.3 Å². The fourth-order valence-corrected chi connectivity index (χ4v) is 3.68. The van der Waals surface area contributed by atoms with Crippen LogP contribution in [0.5, 0.6) is 0 Å². The second-order valence-corrected chi connectivity index (χ2v) is 11.1. The summed E-state index contributed by atoms with van der Waals surface area (Å²) in [6.45, 7) is 6.06. The van der Waals surface area contributed by atoms with Crippen LogP contribution in [0.1, 0.15) is 22.1 Å². The van der Waals surface area contributed by atoms with Crippen molar-refractivity contribution in [3.05, 3.63) is 57.8 Å². The van der Waals surface area contributed by atoms with Gasteiger partial charge in [-0.25, -0.2) is 12.1 Å². The van der Waals surface area contributed by atoms with E-state index in [1.165, 1.54) is 23.5 Å². The van der Waals surface area contributed by atoms with E-state index < -0.39 is 26.2 Å². The Balaban J connectivity index is 0.00000242. The Kier molecular flexibility index (Phi) is 6.54. The van der Waals surface area contributed by atoms with Crippen LogP contribution in [-0.4, -0.2) is 8.32 Å². The van der Waals surface area contributed by atoms with Gasteiger partial charge in [0.1, 0.15) is 0 Å². The van der Waals surface area contributed by atoms with E-state index in [2.05, 4.69) is 6.07 Å². The van der Waals surface area contributed by atoms with Gasteiger partial charge in [0.25, 0.3) is 0 Å². The molecule has 114 valence electrons. The Hall–Kier alpha value is -0.516. The first kappa shape index (κ1) is 19.5. The van der Waals surface area contributed by atoms with Crippen LogP contribution in [0.4, 0.5) is 13.2 Å². The summed E-state index contributed by atoms with van der Waals surface area (Å²) in [7, 11) is -1.91. The van der Waals surface area contributed by atoms with Crippen molar-refractivity contribution in [3.8, 4) is 0 Å². The first-order valence-corrected chi connectivity index (χ1v) is 10.7. The Labute approximate surface area is 145 Å². The van der Waals surface area contributed by atoms with Gasteiger partial charge in [0, 0.05) is 6.10 Å². The molecule has 7 heteroatoms. The van der Waals surface area contributed by atoms with Gasteiger partial charge in [0.05, 0.1) is 5.56 Å². The van der Waals surface area contributed by atoms with E-state index in [0.29, 0.717) is 5.56 Å². The molecule has 0 bridgehead atoms. The molecule has 0 aliphatic carbocycles. The van der Waals surface area contributed by atoms with Crippen LogP contribution in [0.15, 0.2) is 35.7 Å². The SMILES string of the molecule is C[Si](C)(C)OC(c1cccc(C(F)(F)F)c1)c1c[c-]cs1.[Li+]. The fraction of sp³-hybridized carbons (Fsp3) is 0.333. The van der Waals surface area contributed by atoms with Crippen molar-refractivity contribution >= 4 is 19.7 Å². The standard InChI is InChI=1S/C15H16F3OSSi.Li/c1-21(2,3)19-14(13-8-5-9-20-13)11-6-4-7-12(10-11)15(16,17)18;/h4,6-10,14H,1-3H3;/q-1;+1. The molecule has 0 radical (unpaired) electrons. The zero-order chi connectivity index (χ0) is 15.7. The van der Waals surface area contributed by atoms with Crippen molar-refractivity contribution in [3.63, 3.8) is 0 Å². The minimum Gasteiger partial charge on any atom is -0.422 e. The topological polar surface area (TPSA) is 9.23 Å². The first-order chi connectivity index (χ1) is 9.67. The smallest absolute Gasteiger partial charge is 0.422 e. The molecule has 0 fully saturated rings. The van der Waals surface area contributed by atoms with Crippen molar-refractivity contribution in [1.82, 2.24) is 0 Å². The summed E-state index contributed by atoms with van der Waals surface area (Å²) >= 11 is 1.44. The molecule has 0 saturated heterocycles. The molecule has 0 aliphatic heterocycles. The predicted molar refractivity (Wildman–Crippen MR) is 80.9 cm³/mol. The van der Waals surface area contributed by atoms with Gasteiger partial charge >= 0.3 is 25.0 Å². The molecule has 0 amide bonds. The van der Waals surface area contributed by atoms with Crippen molar-refractivity contribution in [2.75, 3.05) is 0 Å². The van der Waals surface area contributed by atoms with E-state index >= 15 is 0 Å². The Morgan fingerprint density at radius 1 is 1.23 bits per heavy atom. The zero-order valence-corrected chi connectivity index (χ0v) is 14.8. The molecular weight excluding hydrogens is 320 g/mol. The molecule has 1 aromatic carbocycles. The van der Waals surface area contributed by atoms with Gasteiger partial charge in [-0.3, -0.25) is 11.3 Å². The number of rotatable bonds is 4. The summed E-state index contributed by atoms with van der Waals surface area (Å²) in [6, 6.07) is 10.1. The third kappa shape index (κ3) is 5.29. The van der Waals surface area contributed by atoms with Gasteiger partial charge in [-0.1, -0.05) is 18.2 Å². The number of hydrogen-bond donors (Lipinski definition) is 0. The van der Waals surface area contributed by atoms with Crippen molar-refractivity contribution in [1.29, 1.82) is 0 Å².